The van der Waals surface area contributed by atoms with Crippen LogP contribution in [0.4, 0.5) is 0 Å². The molecule has 0 saturated carbocycles. The molecule has 0 aliphatic heterocycles. The monoisotopic (exact) mass is 244 g/mol. The standard InChI is InChI=1S/C10H12O5S/c1-15-10(12)8-5-7(3-4-9(8)11)6-16(2,13)14/h3-5,11H,6H2,1-2H3. The molecule has 0 aliphatic rings. The SMILES string of the molecule is COC(=O)c1cc(CS(C)(=O)=O)ccc1O. The van der Waals surface area contributed by atoms with Gasteiger partial charge in [-0.1, -0.05) is 6.07 Å². The van der Waals surface area contributed by atoms with Crippen molar-refractivity contribution in [3.8, 4) is 5.75 Å². The van der Waals surface area contributed by atoms with E-state index in [1.807, 2.05) is 0 Å². The number of ether oxygens (including phenoxy) is 1. The second kappa shape index (κ2) is 4.52. The van der Waals surface area contributed by atoms with E-state index in [1.54, 1.807) is 0 Å². The first-order valence-electron chi connectivity index (χ1n) is 4.41. The lowest BCUT2D eigenvalue weighted by atomic mass is 10.1. The molecule has 0 saturated heterocycles. The Morgan fingerprint density at radius 2 is 2.06 bits per heavy atom. The molecular weight excluding hydrogens is 232 g/mol. The van der Waals surface area contributed by atoms with E-state index in [4.69, 9.17) is 0 Å². The minimum Gasteiger partial charge on any atom is -0.507 e. The number of phenolic OH excluding ortho intramolecular Hbond substituents is 1. The highest BCUT2D eigenvalue weighted by Crippen LogP contribution is 2.20. The minimum absolute atomic E-state index is 0.0383. The van der Waals surface area contributed by atoms with E-state index < -0.39 is 15.8 Å². The summed E-state index contributed by atoms with van der Waals surface area (Å²) < 4.78 is 26.6. The van der Waals surface area contributed by atoms with Gasteiger partial charge in [0.2, 0.25) is 0 Å². The van der Waals surface area contributed by atoms with Crippen LogP contribution in [0.5, 0.6) is 5.75 Å². The lowest BCUT2D eigenvalue weighted by Crippen LogP contribution is -2.05. The number of benzene rings is 1. The first kappa shape index (κ1) is 12.5. The van der Waals surface area contributed by atoms with E-state index in [-0.39, 0.29) is 17.1 Å². The van der Waals surface area contributed by atoms with E-state index in [0.717, 1.165) is 6.26 Å². The van der Waals surface area contributed by atoms with Crippen LogP contribution in [0.3, 0.4) is 0 Å². The van der Waals surface area contributed by atoms with Crippen LogP contribution in [-0.4, -0.2) is 32.9 Å². The van der Waals surface area contributed by atoms with Crippen molar-refractivity contribution < 1.29 is 23.1 Å². The highest BCUT2D eigenvalue weighted by Gasteiger charge is 2.13. The fourth-order valence-corrected chi connectivity index (χ4v) is 2.03. The van der Waals surface area contributed by atoms with Crippen LogP contribution in [0.2, 0.25) is 0 Å². The third-order valence-corrected chi connectivity index (χ3v) is 2.75. The Hall–Kier alpha value is -1.56. The van der Waals surface area contributed by atoms with Crippen LogP contribution in [0.1, 0.15) is 15.9 Å². The average Bonchev–Trinajstić information content (AvgIpc) is 2.18. The largest absolute Gasteiger partial charge is 0.507 e. The van der Waals surface area contributed by atoms with E-state index in [0.29, 0.717) is 5.56 Å². The summed E-state index contributed by atoms with van der Waals surface area (Å²) >= 11 is 0. The van der Waals surface area contributed by atoms with Gasteiger partial charge >= 0.3 is 5.97 Å². The van der Waals surface area contributed by atoms with Gasteiger partial charge in [-0.25, -0.2) is 13.2 Å². The summed E-state index contributed by atoms with van der Waals surface area (Å²) in [6, 6.07) is 4.03. The third-order valence-electron chi connectivity index (χ3n) is 1.90. The van der Waals surface area contributed by atoms with Gasteiger partial charge < -0.3 is 9.84 Å². The van der Waals surface area contributed by atoms with Gasteiger partial charge in [-0.15, -0.1) is 0 Å². The van der Waals surface area contributed by atoms with E-state index >= 15 is 0 Å². The van der Waals surface area contributed by atoms with Gasteiger partial charge in [-0.2, -0.15) is 0 Å². The number of methoxy groups -OCH3 is 1. The number of phenols is 1. The minimum atomic E-state index is -3.17. The molecule has 1 rings (SSSR count). The maximum absolute atomic E-state index is 11.2. The molecule has 1 aromatic carbocycles. The molecule has 0 spiro atoms. The maximum Gasteiger partial charge on any atom is 0.341 e. The van der Waals surface area contributed by atoms with Crippen LogP contribution in [0, 0.1) is 0 Å². The number of rotatable bonds is 3. The third kappa shape index (κ3) is 3.23. The van der Waals surface area contributed by atoms with Crippen molar-refractivity contribution in [3.63, 3.8) is 0 Å². The number of esters is 1. The zero-order valence-corrected chi connectivity index (χ0v) is 9.74. The number of carbonyl (C=O) groups is 1. The summed E-state index contributed by atoms with van der Waals surface area (Å²) in [7, 11) is -1.99. The fourth-order valence-electron chi connectivity index (χ4n) is 1.25. The number of carbonyl (C=O) groups excluding carboxylic acids is 1. The molecule has 88 valence electrons. The van der Waals surface area contributed by atoms with Crippen molar-refractivity contribution in [2.24, 2.45) is 0 Å². The first-order valence-corrected chi connectivity index (χ1v) is 6.47. The summed E-state index contributed by atoms with van der Waals surface area (Å²) in [6.45, 7) is 0. The summed E-state index contributed by atoms with van der Waals surface area (Å²) in [5, 5.41) is 9.38. The molecule has 0 aliphatic carbocycles. The molecule has 0 unspecified atom stereocenters. The fraction of sp³-hybridized carbons (Fsp3) is 0.300. The summed E-state index contributed by atoms with van der Waals surface area (Å²) in [5.74, 6) is -1.12. The van der Waals surface area contributed by atoms with Crippen LogP contribution in [0.25, 0.3) is 0 Å². The molecule has 1 N–H and O–H groups in total. The molecule has 6 heteroatoms. The van der Waals surface area contributed by atoms with Gasteiger partial charge in [-0.3, -0.25) is 0 Å². The summed E-state index contributed by atoms with van der Waals surface area (Å²) in [6.07, 6.45) is 1.09. The lowest BCUT2D eigenvalue weighted by molar-refractivity contribution is 0.0597. The van der Waals surface area contributed by atoms with E-state index in [1.165, 1.54) is 25.3 Å². The predicted molar refractivity (Wildman–Crippen MR) is 58.0 cm³/mol. The van der Waals surface area contributed by atoms with Gasteiger partial charge in [0.1, 0.15) is 11.3 Å². The van der Waals surface area contributed by atoms with Crippen molar-refractivity contribution in [1.29, 1.82) is 0 Å². The molecule has 0 amide bonds. The Labute approximate surface area is 93.6 Å². The van der Waals surface area contributed by atoms with E-state index in [2.05, 4.69) is 4.74 Å². The highest BCUT2D eigenvalue weighted by atomic mass is 32.2. The topological polar surface area (TPSA) is 80.7 Å². The number of aromatic hydroxyl groups is 1. The number of hydrogen-bond donors (Lipinski definition) is 1. The van der Waals surface area contributed by atoms with Crippen molar-refractivity contribution in [2.45, 2.75) is 5.75 Å². The summed E-state index contributed by atoms with van der Waals surface area (Å²) in [4.78, 5) is 11.2. The predicted octanol–water partition coefficient (Wildman–Crippen LogP) is 0.723. The molecular formula is C10H12O5S. The smallest absolute Gasteiger partial charge is 0.341 e. The second-order valence-electron chi connectivity index (χ2n) is 3.41. The molecule has 1 aromatic rings. The quantitative estimate of drug-likeness (QED) is 0.792. The Kier molecular flexibility index (Phi) is 3.54. The van der Waals surface area contributed by atoms with Gasteiger partial charge in [0.25, 0.3) is 0 Å². The second-order valence-corrected chi connectivity index (χ2v) is 5.55. The van der Waals surface area contributed by atoms with Gasteiger partial charge in [0.15, 0.2) is 9.84 Å². The molecule has 0 radical (unpaired) electrons. The van der Waals surface area contributed by atoms with Crippen LogP contribution in [0.15, 0.2) is 18.2 Å². The average molecular weight is 244 g/mol. The highest BCUT2D eigenvalue weighted by molar-refractivity contribution is 7.89. The Bertz CT molecular complexity index is 504. The first-order chi connectivity index (χ1) is 7.33. The zero-order chi connectivity index (χ0) is 12.3. The molecule has 0 bridgehead atoms. The summed E-state index contributed by atoms with van der Waals surface area (Å²) in [5.41, 5.74) is 0.393. The van der Waals surface area contributed by atoms with Gasteiger partial charge in [0, 0.05) is 6.26 Å². The molecule has 0 aromatic heterocycles. The van der Waals surface area contributed by atoms with Crippen LogP contribution in [-0.2, 0) is 20.3 Å². The van der Waals surface area contributed by atoms with Crippen LogP contribution >= 0.6 is 0 Å². The van der Waals surface area contributed by atoms with Crippen molar-refractivity contribution in [2.75, 3.05) is 13.4 Å². The van der Waals surface area contributed by atoms with Gasteiger partial charge in [0.05, 0.1) is 12.9 Å². The lowest BCUT2D eigenvalue weighted by Gasteiger charge is -2.05. The molecule has 16 heavy (non-hydrogen) atoms. The number of hydrogen-bond acceptors (Lipinski definition) is 5. The molecule has 0 heterocycles. The van der Waals surface area contributed by atoms with Crippen molar-refractivity contribution in [3.05, 3.63) is 29.3 Å². The van der Waals surface area contributed by atoms with E-state index in [9.17, 15) is 18.3 Å². The molecule has 5 nitrogen and oxygen atoms in total. The van der Waals surface area contributed by atoms with Crippen LogP contribution < -0.4 is 0 Å². The molecule has 0 atom stereocenters. The number of sulfone groups is 1. The maximum atomic E-state index is 11.2. The zero-order valence-electron chi connectivity index (χ0n) is 8.93. The Morgan fingerprint density at radius 3 is 2.56 bits per heavy atom. The Morgan fingerprint density at radius 1 is 1.44 bits per heavy atom. The van der Waals surface area contributed by atoms with Crippen molar-refractivity contribution >= 4 is 15.8 Å². The Balaban J connectivity index is 3.12. The van der Waals surface area contributed by atoms with Gasteiger partial charge in [-0.05, 0) is 17.7 Å². The molecule has 0 fully saturated rings. The normalized spacial score (nSPS) is 11.1. The van der Waals surface area contributed by atoms with Crippen molar-refractivity contribution in [1.82, 2.24) is 0 Å².